The normalized spacial score (nSPS) is 20.2. The van der Waals surface area contributed by atoms with Crippen LogP contribution in [0.1, 0.15) is 25.8 Å². The van der Waals surface area contributed by atoms with Crippen LogP contribution in [-0.2, 0) is 0 Å². The molecule has 0 bridgehead atoms. The molecule has 2 heterocycles. The zero-order chi connectivity index (χ0) is 13.8. The number of pyridine rings is 1. The molecule has 1 atom stereocenters. The van der Waals surface area contributed by atoms with E-state index in [1.165, 1.54) is 31.6 Å². The fourth-order valence-corrected chi connectivity index (χ4v) is 2.86. The molecule has 1 N–H and O–H groups in total. The third-order valence-electron chi connectivity index (χ3n) is 3.61. The Hall–Kier alpha value is -0.610. The zero-order valence-electron chi connectivity index (χ0n) is 12.1. The monoisotopic (exact) mass is 325 g/mol. The molecule has 0 aliphatic carbocycles. The van der Waals surface area contributed by atoms with E-state index in [9.17, 15) is 0 Å². The average molecular weight is 326 g/mol. The fraction of sp³-hybridized carbons (Fsp3) is 0.667. The highest BCUT2D eigenvalue weighted by Gasteiger charge is 2.22. The van der Waals surface area contributed by atoms with Crippen LogP contribution in [0.25, 0.3) is 0 Å². The first kappa shape index (κ1) is 14.8. The zero-order valence-corrected chi connectivity index (χ0v) is 13.7. The van der Waals surface area contributed by atoms with Gasteiger partial charge in [0.15, 0.2) is 0 Å². The van der Waals surface area contributed by atoms with Crippen molar-refractivity contribution in [2.45, 2.75) is 27.2 Å². The number of rotatable bonds is 5. The summed E-state index contributed by atoms with van der Waals surface area (Å²) in [4.78, 5) is 6.98. The largest absolute Gasteiger partial charge is 0.370 e. The minimum absolute atomic E-state index is 0.754. The highest BCUT2D eigenvalue weighted by molar-refractivity contribution is 9.10. The Morgan fingerprint density at radius 3 is 3.00 bits per heavy atom. The number of likely N-dealkylation sites (tertiary alicyclic amines) is 1. The SMILES string of the molecule is Cc1cc(NCC2CCN(CC(C)C)C2)ncc1Br. The third-order valence-corrected chi connectivity index (χ3v) is 4.44. The lowest BCUT2D eigenvalue weighted by molar-refractivity contribution is 0.289. The van der Waals surface area contributed by atoms with Crippen molar-refractivity contribution in [2.24, 2.45) is 11.8 Å². The molecule has 0 aromatic carbocycles. The van der Waals surface area contributed by atoms with Crippen LogP contribution in [0, 0.1) is 18.8 Å². The molecule has 1 aliphatic rings. The van der Waals surface area contributed by atoms with Gasteiger partial charge in [0, 0.05) is 30.3 Å². The molecule has 106 valence electrons. The van der Waals surface area contributed by atoms with Crippen LogP contribution in [0.2, 0.25) is 0 Å². The van der Waals surface area contributed by atoms with Crippen molar-refractivity contribution in [1.82, 2.24) is 9.88 Å². The van der Waals surface area contributed by atoms with Crippen LogP contribution in [0.3, 0.4) is 0 Å². The number of hydrogen-bond acceptors (Lipinski definition) is 3. The van der Waals surface area contributed by atoms with Gasteiger partial charge in [0.1, 0.15) is 5.82 Å². The predicted octanol–water partition coefficient (Wildman–Crippen LogP) is 3.54. The lowest BCUT2D eigenvalue weighted by Gasteiger charge is -2.18. The summed E-state index contributed by atoms with van der Waals surface area (Å²) in [6, 6.07) is 2.10. The summed E-state index contributed by atoms with van der Waals surface area (Å²) in [6.07, 6.45) is 3.17. The number of aromatic nitrogens is 1. The van der Waals surface area contributed by atoms with E-state index in [0.29, 0.717) is 0 Å². The van der Waals surface area contributed by atoms with E-state index in [0.717, 1.165) is 28.7 Å². The average Bonchev–Trinajstić information content (AvgIpc) is 2.77. The Kier molecular flexibility index (Phi) is 5.22. The molecular formula is C15H24BrN3. The summed E-state index contributed by atoms with van der Waals surface area (Å²) >= 11 is 3.48. The van der Waals surface area contributed by atoms with Gasteiger partial charge in [-0.2, -0.15) is 0 Å². The molecule has 4 heteroatoms. The number of halogens is 1. The molecule has 0 saturated carbocycles. The third kappa shape index (κ3) is 4.46. The van der Waals surface area contributed by atoms with E-state index < -0.39 is 0 Å². The fourth-order valence-electron chi connectivity index (χ4n) is 2.65. The highest BCUT2D eigenvalue weighted by atomic mass is 79.9. The lowest BCUT2D eigenvalue weighted by Crippen LogP contribution is -2.26. The smallest absolute Gasteiger partial charge is 0.126 e. The Balaban J connectivity index is 1.78. The molecule has 0 radical (unpaired) electrons. The molecule has 1 fully saturated rings. The molecule has 19 heavy (non-hydrogen) atoms. The molecule has 2 rings (SSSR count). The molecule has 1 saturated heterocycles. The summed E-state index contributed by atoms with van der Waals surface area (Å²) in [6.45, 7) is 11.4. The highest BCUT2D eigenvalue weighted by Crippen LogP contribution is 2.20. The first-order valence-electron chi connectivity index (χ1n) is 7.13. The van der Waals surface area contributed by atoms with Gasteiger partial charge in [-0.15, -0.1) is 0 Å². The van der Waals surface area contributed by atoms with Gasteiger partial charge in [0.2, 0.25) is 0 Å². The van der Waals surface area contributed by atoms with Crippen LogP contribution in [0.15, 0.2) is 16.7 Å². The van der Waals surface area contributed by atoms with E-state index in [-0.39, 0.29) is 0 Å². The molecule has 0 spiro atoms. The van der Waals surface area contributed by atoms with Crippen molar-refractivity contribution >= 4 is 21.7 Å². The molecule has 0 amide bonds. The molecular weight excluding hydrogens is 302 g/mol. The summed E-state index contributed by atoms with van der Waals surface area (Å²) in [5.41, 5.74) is 1.23. The second-order valence-electron chi connectivity index (χ2n) is 6.01. The van der Waals surface area contributed by atoms with Gasteiger partial charge >= 0.3 is 0 Å². The Morgan fingerprint density at radius 1 is 1.53 bits per heavy atom. The Labute approximate surface area is 124 Å². The summed E-state index contributed by atoms with van der Waals surface area (Å²) in [5, 5.41) is 3.47. The van der Waals surface area contributed by atoms with Gasteiger partial charge in [0.25, 0.3) is 0 Å². The standard InChI is InChI=1S/C15H24BrN3/c1-11(2)9-19-5-4-13(10-19)7-17-15-6-12(3)14(16)8-18-15/h6,8,11,13H,4-5,7,9-10H2,1-3H3,(H,17,18). The van der Waals surface area contributed by atoms with E-state index in [2.05, 4.69) is 58.0 Å². The van der Waals surface area contributed by atoms with Gasteiger partial charge in [-0.05, 0) is 59.3 Å². The van der Waals surface area contributed by atoms with Crippen molar-refractivity contribution in [3.8, 4) is 0 Å². The lowest BCUT2D eigenvalue weighted by atomic mass is 10.1. The van der Waals surface area contributed by atoms with Crippen LogP contribution >= 0.6 is 15.9 Å². The number of aryl methyl sites for hydroxylation is 1. The van der Waals surface area contributed by atoms with Gasteiger partial charge < -0.3 is 10.2 Å². The summed E-state index contributed by atoms with van der Waals surface area (Å²) < 4.78 is 1.07. The summed E-state index contributed by atoms with van der Waals surface area (Å²) in [7, 11) is 0. The van der Waals surface area contributed by atoms with Gasteiger partial charge in [0.05, 0.1) is 0 Å². The van der Waals surface area contributed by atoms with Gasteiger partial charge in [-0.3, -0.25) is 0 Å². The van der Waals surface area contributed by atoms with Crippen LogP contribution < -0.4 is 5.32 Å². The first-order valence-corrected chi connectivity index (χ1v) is 7.92. The predicted molar refractivity (Wildman–Crippen MR) is 84.5 cm³/mol. The van der Waals surface area contributed by atoms with Crippen molar-refractivity contribution in [2.75, 3.05) is 31.5 Å². The number of nitrogens with one attached hydrogen (secondary N) is 1. The molecule has 3 nitrogen and oxygen atoms in total. The van der Waals surface area contributed by atoms with E-state index in [1.54, 1.807) is 0 Å². The van der Waals surface area contributed by atoms with Crippen molar-refractivity contribution in [3.05, 3.63) is 22.3 Å². The second-order valence-corrected chi connectivity index (χ2v) is 6.86. The maximum Gasteiger partial charge on any atom is 0.126 e. The van der Waals surface area contributed by atoms with Crippen LogP contribution in [0.4, 0.5) is 5.82 Å². The second kappa shape index (κ2) is 6.71. The van der Waals surface area contributed by atoms with Gasteiger partial charge in [-0.1, -0.05) is 13.8 Å². The van der Waals surface area contributed by atoms with E-state index in [1.807, 2.05) is 6.20 Å². The minimum Gasteiger partial charge on any atom is -0.370 e. The summed E-state index contributed by atoms with van der Waals surface area (Å²) in [5.74, 6) is 2.51. The van der Waals surface area contributed by atoms with Crippen molar-refractivity contribution < 1.29 is 0 Å². The Bertz CT molecular complexity index is 420. The molecule has 1 aromatic rings. The molecule has 1 aliphatic heterocycles. The maximum atomic E-state index is 4.40. The van der Waals surface area contributed by atoms with E-state index in [4.69, 9.17) is 0 Å². The van der Waals surface area contributed by atoms with Crippen molar-refractivity contribution in [1.29, 1.82) is 0 Å². The molecule has 1 aromatic heterocycles. The molecule has 1 unspecified atom stereocenters. The maximum absolute atomic E-state index is 4.40. The Morgan fingerprint density at radius 2 is 2.32 bits per heavy atom. The first-order chi connectivity index (χ1) is 9.04. The van der Waals surface area contributed by atoms with Crippen LogP contribution in [0.5, 0.6) is 0 Å². The minimum atomic E-state index is 0.754. The topological polar surface area (TPSA) is 28.2 Å². The number of anilines is 1. The van der Waals surface area contributed by atoms with Crippen LogP contribution in [-0.4, -0.2) is 36.1 Å². The van der Waals surface area contributed by atoms with Gasteiger partial charge in [-0.25, -0.2) is 4.98 Å². The van der Waals surface area contributed by atoms with Crippen molar-refractivity contribution in [3.63, 3.8) is 0 Å². The number of hydrogen-bond donors (Lipinski definition) is 1. The number of nitrogens with zero attached hydrogens (tertiary/aromatic N) is 2. The van der Waals surface area contributed by atoms with E-state index >= 15 is 0 Å². The quantitative estimate of drug-likeness (QED) is 0.897.